The lowest BCUT2D eigenvalue weighted by Gasteiger charge is -2.09. The van der Waals surface area contributed by atoms with E-state index in [-0.39, 0.29) is 23.3 Å². The average Bonchev–Trinajstić information content (AvgIpc) is 2.24. The zero-order valence-electron chi connectivity index (χ0n) is 10.1. The summed E-state index contributed by atoms with van der Waals surface area (Å²) in [4.78, 5) is 18.1. The van der Waals surface area contributed by atoms with Crippen LogP contribution in [0.25, 0.3) is 0 Å². The molecule has 0 saturated carbocycles. The predicted molar refractivity (Wildman–Crippen MR) is 62.8 cm³/mol. The van der Waals surface area contributed by atoms with Crippen molar-refractivity contribution in [1.82, 2.24) is 9.97 Å². The quantitative estimate of drug-likeness (QED) is 0.618. The van der Waals surface area contributed by atoms with Gasteiger partial charge in [0, 0.05) is 6.42 Å². The number of nitrogens with zero attached hydrogens (tertiary/aromatic N) is 3. The highest BCUT2D eigenvalue weighted by Gasteiger charge is 2.24. The number of aryl methyl sites for hydroxylation is 1. The van der Waals surface area contributed by atoms with E-state index in [1.54, 1.807) is 0 Å². The van der Waals surface area contributed by atoms with Gasteiger partial charge in [-0.15, -0.1) is 0 Å². The van der Waals surface area contributed by atoms with Gasteiger partial charge >= 0.3 is 5.69 Å². The second-order valence-electron chi connectivity index (χ2n) is 3.99. The Morgan fingerprint density at radius 2 is 2.12 bits per heavy atom. The zero-order chi connectivity index (χ0) is 13.0. The number of hydrogen-bond acceptors (Lipinski definition) is 6. The van der Waals surface area contributed by atoms with E-state index in [4.69, 9.17) is 10.5 Å². The molecule has 1 aromatic rings. The summed E-state index contributed by atoms with van der Waals surface area (Å²) in [7, 11) is 0. The van der Waals surface area contributed by atoms with Crippen molar-refractivity contribution < 1.29 is 9.66 Å². The maximum atomic E-state index is 10.9. The van der Waals surface area contributed by atoms with Gasteiger partial charge in [0.2, 0.25) is 5.82 Å². The Morgan fingerprint density at radius 3 is 2.59 bits per heavy atom. The third-order valence-electron chi connectivity index (χ3n) is 1.98. The molecule has 0 aromatic carbocycles. The number of rotatable bonds is 5. The molecule has 0 unspecified atom stereocenters. The van der Waals surface area contributed by atoms with Crippen molar-refractivity contribution >= 4 is 11.5 Å². The summed E-state index contributed by atoms with van der Waals surface area (Å²) < 4.78 is 5.31. The average molecular weight is 240 g/mol. The maximum absolute atomic E-state index is 10.9. The fourth-order valence-corrected chi connectivity index (χ4v) is 1.17. The fourth-order valence-electron chi connectivity index (χ4n) is 1.17. The molecule has 1 heterocycles. The third-order valence-corrected chi connectivity index (χ3v) is 1.98. The summed E-state index contributed by atoms with van der Waals surface area (Å²) >= 11 is 0. The second kappa shape index (κ2) is 5.42. The first-order valence-corrected chi connectivity index (χ1v) is 5.39. The minimum Gasteiger partial charge on any atom is -0.472 e. The number of aromatic nitrogens is 2. The summed E-state index contributed by atoms with van der Waals surface area (Å²) in [6, 6.07) is 0. The van der Waals surface area contributed by atoms with Crippen molar-refractivity contribution in [2.24, 2.45) is 5.92 Å². The molecule has 94 valence electrons. The summed E-state index contributed by atoms with van der Waals surface area (Å²) in [5, 5.41) is 10.9. The molecule has 0 aliphatic carbocycles. The molecule has 0 aliphatic heterocycles. The first-order valence-electron chi connectivity index (χ1n) is 5.39. The first kappa shape index (κ1) is 13.1. The van der Waals surface area contributed by atoms with Gasteiger partial charge in [0.25, 0.3) is 5.88 Å². The minimum absolute atomic E-state index is 0.0481. The SMILES string of the molecule is CCc1nc(N)c([N+](=O)[O-])c(OCC(C)C)n1. The van der Waals surface area contributed by atoms with Crippen LogP contribution in [0.2, 0.25) is 0 Å². The Morgan fingerprint density at radius 1 is 1.47 bits per heavy atom. The number of nitro groups is 1. The topological polar surface area (TPSA) is 104 Å². The Bertz CT molecular complexity index is 420. The molecule has 1 rings (SSSR count). The normalized spacial score (nSPS) is 10.6. The number of nitrogens with two attached hydrogens (primary N) is 1. The Balaban J connectivity index is 3.13. The lowest BCUT2D eigenvalue weighted by atomic mass is 10.2. The lowest BCUT2D eigenvalue weighted by molar-refractivity contribution is -0.385. The van der Waals surface area contributed by atoms with Crippen LogP contribution in [-0.2, 0) is 6.42 Å². The molecule has 0 aliphatic rings. The monoisotopic (exact) mass is 240 g/mol. The molecular weight excluding hydrogens is 224 g/mol. The molecule has 0 saturated heterocycles. The lowest BCUT2D eigenvalue weighted by Crippen LogP contribution is -2.11. The second-order valence-corrected chi connectivity index (χ2v) is 3.99. The highest BCUT2D eigenvalue weighted by molar-refractivity contribution is 5.58. The Labute approximate surface area is 99.2 Å². The largest absolute Gasteiger partial charge is 0.472 e. The Kier molecular flexibility index (Phi) is 4.19. The van der Waals surface area contributed by atoms with Crippen LogP contribution >= 0.6 is 0 Å². The van der Waals surface area contributed by atoms with Crippen molar-refractivity contribution in [1.29, 1.82) is 0 Å². The third kappa shape index (κ3) is 3.27. The van der Waals surface area contributed by atoms with Gasteiger partial charge in [-0.1, -0.05) is 20.8 Å². The van der Waals surface area contributed by atoms with Crippen LogP contribution in [0, 0.1) is 16.0 Å². The molecule has 2 N–H and O–H groups in total. The summed E-state index contributed by atoms with van der Waals surface area (Å²) in [5.41, 5.74) is 5.17. The van der Waals surface area contributed by atoms with Gasteiger partial charge in [-0.25, -0.2) is 4.98 Å². The van der Waals surface area contributed by atoms with Crippen LogP contribution in [0.15, 0.2) is 0 Å². The van der Waals surface area contributed by atoms with Gasteiger partial charge in [0.1, 0.15) is 5.82 Å². The van der Waals surface area contributed by atoms with Gasteiger partial charge < -0.3 is 10.5 Å². The van der Waals surface area contributed by atoms with Gasteiger partial charge in [-0.3, -0.25) is 10.1 Å². The van der Waals surface area contributed by atoms with Crippen molar-refractivity contribution in [2.75, 3.05) is 12.3 Å². The van der Waals surface area contributed by atoms with E-state index in [0.717, 1.165) is 0 Å². The van der Waals surface area contributed by atoms with Crippen LogP contribution in [0.1, 0.15) is 26.6 Å². The van der Waals surface area contributed by atoms with Gasteiger partial charge in [0.05, 0.1) is 11.5 Å². The van der Waals surface area contributed by atoms with Crippen LogP contribution in [0.3, 0.4) is 0 Å². The summed E-state index contributed by atoms with van der Waals surface area (Å²) in [6.45, 7) is 6.07. The Hall–Kier alpha value is -1.92. The molecule has 0 atom stereocenters. The van der Waals surface area contributed by atoms with E-state index in [0.29, 0.717) is 18.9 Å². The highest BCUT2D eigenvalue weighted by Crippen LogP contribution is 2.30. The summed E-state index contributed by atoms with van der Waals surface area (Å²) in [5.74, 6) is 0.483. The maximum Gasteiger partial charge on any atom is 0.372 e. The fraction of sp³-hybridized carbons (Fsp3) is 0.600. The highest BCUT2D eigenvalue weighted by atomic mass is 16.6. The van der Waals surface area contributed by atoms with Crippen molar-refractivity contribution in [3.8, 4) is 5.88 Å². The number of anilines is 1. The van der Waals surface area contributed by atoms with Crippen LogP contribution in [0.5, 0.6) is 5.88 Å². The van der Waals surface area contributed by atoms with Crippen LogP contribution in [0.4, 0.5) is 11.5 Å². The molecule has 7 heteroatoms. The van der Waals surface area contributed by atoms with E-state index in [1.807, 2.05) is 20.8 Å². The van der Waals surface area contributed by atoms with Crippen LogP contribution in [-0.4, -0.2) is 21.5 Å². The molecule has 0 bridgehead atoms. The smallest absolute Gasteiger partial charge is 0.372 e. The molecular formula is C10H16N4O3. The first-order chi connectivity index (χ1) is 7.95. The molecule has 0 fully saturated rings. The molecule has 0 radical (unpaired) electrons. The zero-order valence-corrected chi connectivity index (χ0v) is 10.1. The molecule has 1 aromatic heterocycles. The van der Waals surface area contributed by atoms with Gasteiger partial charge in [-0.2, -0.15) is 4.98 Å². The van der Waals surface area contributed by atoms with Crippen molar-refractivity contribution in [3.63, 3.8) is 0 Å². The van der Waals surface area contributed by atoms with Gasteiger partial charge in [-0.05, 0) is 5.92 Å². The van der Waals surface area contributed by atoms with Crippen molar-refractivity contribution in [3.05, 3.63) is 15.9 Å². The predicted octanol–water partition coefficient (Wildman–Crippen LogP) is 1.56. The van der Waals surface area contributed by atoms with Crippen LogP contribution < -0.4 is 10.5 Å². The molecule has 7 nitrogen and oxygen atoms in total. The number of hydrogen-bond donors (Lipinski definition) is 1. The van der Waals surface area contributed by atoms with E-state index in [9.17, 15) is 10.1 Å². The van der Waals surface area contributed by atoms with Crippen molar-refractivity contribution in [2.45, 2.75) is 27.2 Å². The standard InChI is InChI=1S/C10H16N4O3/c1-4-7-12-9(11)8(14(15)16)10(13-7)17-5-6(2)3/h6H,4-5H2,1-3H3,(H2,11,12,13). The summed E-state index contributed by atoms with van der Waals surface area (Å²) in [6.07, 6.45) is 0.542. The molecule has 0 amide bonds. The van der Waals surface area contributed by atoms with Gasteiger partial charge in [0.15, 0.2) is 0 Å². The van der Waals surface area contributed by atoms with E-state index in [1.165, 1.54) is 0 Å². The molecule has 17 heavy (non-hydrogen) atoms. The molecule has 0 spiro atoms. The van der Waals surface area contributed by atoms with E-state index >= 15 is 0 Å². The van der Waals surface area contributed by atoms with E-state index in [2.05, 4.69) is 9.97 Å². The minimum atomic E-state index is -0.621. The number of ether oxygens (including phenoxy) is 1. The number of nitrogen functional groups attached to an aromatic ring is 1. The van der Waals surface area contributed by atoms with E-state index < -0.39 is 4.92 Å².